The molecule has 0 rings (SSSR count). The van der Waals surface area contributed by atoms with Gasteiger partial charge in [0.1, 0.15) is 0 Å². The van der Waals surface area contributed by atoms with Crippen LogP contribution >= 0.6 is 0 Å². The fraction of sp³-hybridized carbons (Fsp3) is 0. The van der Waals surface area contributed by atoms with Gasteiger partial charge in [0.05, 0.1) is 0 Å². The fourth-order valence-corrected chi connectivity index (χ4v) is 0. The van der Waals surface area contributed by atoms with Gasteiger partial charge in [0.25, 0.3) is 0 Å². The van der Waals surface area contributed by atoms with Crippen LogP contribution in [0.25, 0.3) is 0 Å². The van der Waals surface area contributed by atoms with Gasteiger partial charge in [-0.3, -0.25) is 0 Å². The molecule has 0 aliphatic carbocycles. The molecule has 0 unspecified atom stereocenters. The van der Waals surface area contributed by atoms with Crippen molar-refractivity contribution in [3.05, 3.63) is 14.9 Å². The molecule has 6 heteroatoms. The van der Waals surface area contributed by atoms with E-state index >= 15 is 0 Å². The molecule has 0 saturated heterocycles. The van der Waals surface area contributed by atoms with E-state index in [1.165, 1.54) is 0 Å². The molecule has 10 heavy (non-hydrogen) atoms. The SMILES string of the molecule is O=C=O.O=C=O.[CH3-].[CH3-].[O]=[Zr+2]. The van der Waals surface area contributed by atoms with Crippen LogP contribution in [0, 0.1) is 14.9 Å². The molecule has 0 aliphatic heterocycles. The van der Waals surface area contributed by atoms with Crippen molar-refractivity contribution in [3.63, 3.8) is 0 Å². The molecule has 5 nitrogen and oxygen atoms in total. The van der Waals surface area contributed by atoms with Gasteiger partial charge in [0, 0.05) is 0 Å². The Bertz CT molecular complexity index is 77.8. The van der Waals surface area contributed by atoms with Gasteiger partial charge < -0.3 is 14.9 Å². The second-order valence-corrected chi connectivity index (χ2v) is 0.167. The molecule has 0 aromatic rings. The zero-order valence-corrected chi connectivity index (χ0v) is 8.00. The summed E-state index contributed by atoms with van der Waals surface area (Å²) in [6, 6.07) is 0. The van der Waals surface area contributed by atoms with Crippen LogP contribution < -0.4 is 0 Å². The minimum absolute atomic E-state index is 0. The molecule has 0 aromatic carbocycles. The van der Waals surface area contributed by atoms with Gasteiger partial charge in [-0.1, -0.05) is 0 Å². The van der Waals surface area contributed by atoms with Crippen LogP contribution in [0.2, 0.25) is 0 Å². The number of hydrogen-bond acceptors (Lipinski definition) is 5. The van der Waals surface area contributed by atoms with E-state index in [0.717, 1.165) is 0 Å². The second kappa shape index (κ2) is 225. The molecule has 0 amide bonds. The zero-order chi connectivity index (χ0) is 7.41. The van der Waals surface area contributed by atoms with Crippen molar-refractivity contribution in [2.45, 2.75) is 0 Å². The predicted octanol–water partition coefficient (Wildman–Crippen LogP) is -0.388. The maximum atomic E-state index is 8.34. The van der Waals surface area contributed by atoms with Gasteiger partial charge in [0.15, 0.2) is 0 Å². The summed E-state index contributed by atoms with van der Waals surface area (Å²) in [4.78, 5) is 32.5. The van der Waals surface area contributed by atoms with Gasteiger partial charge in [-0.2, -0.15) is 19.2 Å². The molecule has 0 atom stereocenters. The first-order chi connectivity index (χ1) is 3.83. The molecule has 0 spiro atoms. The van der Waals surface area contributed by atoms with E-state index in [-0.39, 0.29) is 27.2 Å². The van der Waals surface area contributed by atoms with E-state index < -0.39 is 0 Å². The van der Waals surface area contributed by atoms with E-state index in [2.05, 4.69) is 0 Å². The summed E-state index contributed by atoms with van der Waals surface area (Å²) in [6.07, 6.45) is 0.500. The average molecular weight is 225 g/mol. The molecule has 0 aliphatic rings. The molecule has 0 aromatic heterocycles. The second-order valence-electron chi connectivity index (χ2n) is 0.167. The number of hydrogen-bond donors (Lipinski definition) is 0. The Morgan fingerprint density at radius 2 is 0.700 bits per heavy atom. The van der Waals surface area contributed by atoms with Crippen molar-refractivity contribution in [1.29, 1.82) is 0 Å². The molecule has 0 heterocycles. The quantitative estimate of drug-likeness (QED) is 0.524. The Balaban J connectivity index is -0.0000000116. The van der Waals surface area contributed by atoms with Crippen molar-refractivity contribution in [2.24, 2.45) is 0 Å². The average Bonchev–Trinajstić information content (AvgIpc) is 1.75. The normalized spacial score (nSPS) is 2.20. The summed E-state index contributed by atoms with van der Waals surface area (Å²) in [7, 11) is 0. The summed E-state index contributed by atoms with van der Waals surface area (Å²) in [5.74, 6) is 0. The van der Waals surface area contributed by atoms with Gasteiger partial charge in [-0.25, -0.2) is 0 Å². The van der Waals surface area contributed by atoms with Crippen LogP contribution in [-0.2, 0) is 46.7 Å². The Labute approximate surface area is 74.1 Å². The van der Waals surface area contributed by atoms with Crippen molar-refractivity contribution < 1.29 is 46.7 Å². The first kappa shape index (κ1) is 34.1. The predicted molar refractivity (Wildman–Crippen MR) is 23.5 cm³/mol. The van der Waals surface area contributed by atoms with Gasteiger partial charge in [-0.05, 0) is 0 Å². The van der Waals surface area contributed by atoms with Gasteiger partial charge in [-0.15, -0.1) is 0 Å². The first-order valence-electron chi connectivity index (χ1n) is 1.02. The van der Waals surface area contributed by atoms with Crippen LogP contribution in [0.1, 0.15) is 0 Å². The fourth-order valence-electron chi connectivity index (χ4n) is 0. The summed E-state index contributed by atoms with van der Waals surface area (Å²) >= 11 is 0.300. The van der Waals surface area contributed by atoms with Crippen LogP contribution in [-0.4, -0.2) is 12.3 Å². The number of carbonyl (C=O) groups excluding carboxylic acids is 4. The third kappa shape index (κ3) is 996. The van der Waals surface area contributed by atoms with E-state index in [1.807, 2.05) is 0 Å². The van der Waals surface area contributed by atoms with E-state index in [0.29, 0.717) is 24.7 Å². The Hall–Kier alpha value is -0.557. The molecule has 0 bridgehead atoms. The van der Waals surface area contributed by atoms with Gasteiger partial charge in [0.2, 0.25) is 0 Å². The summed E-state index contributed by atoms with van der Waals surface area (Å²) in [5, 5.41) is 0. The first-order valence-corrected chi connectivity index (χ1v) is 2.02. The minimum atomic E-state index is 0. The monoisotopic (exact) mass is 224 g/mol. The van der Waals surface area contributed by atoms with E-state index in [4.69, 9.17) is 22.0 Å². The molecule has 0 saturated carbocycles. The third-order valence-electron chi connectivity index (χ3n) is 0. The molecular weight excluding hydrogens is 219 g/mol. The van der Waals surface area contributed by atoms with Crippen LogP contribution in [0.3, 0.4) is 0 Å². The van der Waals surface area contributed by atoms with Crippen molar-refractivity contribution in [3.8, 4) is 0 Å². The van der Waals surface area contributed by atoms with Gasteiger partial charge >= 0.3 is 39.8 Å². The molecular formula is C4H6O5Zr. The standard InChI is InChI=1S/2CO2.2CH3.O.Zr/c2*2-1-3;;;;/h;;2*1H3;;/q;;2*-1;;+2. The van der Waals surface area contributed by atoms with Crippen molar-refractivity contribution in [1.82, 2.24) is 0 Å². The number of rotatable bonds is 0. The van der Waals surface area contributed by atoms with E-state index in [1.54, 1.807) is 0 Å². The maximum absolute atomic E-state index is 8.34. The van der Waals surface area contributed by atoms with E-state index in [9.17, 15) is 0 Å². The van der Waals surface area contributed by atoms with Crippen molar-refractivity contribution in [2.75, 3.05) is 0 Å². The third-order valence-corrected chi connectivity index (χ3v) is 0. The summed E-state index contributed by atoms with van der Waals surface area (Å²) in [6.45, 7) is 0. The van der Waals surface area contributed by atoms with Crippen LogP contribution in [0.5, 0.6) is 0 Å². The molecule has 0 fully saturated rings. The molecule has 0 radical (unpaired) electrons. The zero-order valence-electron chi connectivity index (χ0n) is 5.54. The summed E-state index contributed by atoms with van der Waals surface area (Å²) in [5.41, 5.74) is 0. The van der Waals surface area contributed by atoms with Crippen LogP contribution in [0.15, 0.2) is 0 Å². The van der Waals surface area contributed by atoms with Crippen molar-refractivity contribution >= 4 is 12.3 Å². The molecule has 0 N–H and O–H groups in total. The Morgan fingerprint density at radius 1 is 0.700 bits per heavy atom. The van der Waals surface area contributed by atoms with Crippen LogP contribution in [0.4, 0.5) is 0 Å². The molecule has 56 valence electrons. The Morgan fingerprint density at radius 3 is 0.700 bits per heavy atom. The Kier molecular flexibility index (Phi) is 766. The summed E-state index contributed by atoms with van der Waals surface area (Å²) < 4.78 is 8.34. The topological polar surface area (TPSA) is 85.3 Å².